The molecule has 0 atom stereocenters. The summed E-state index contributed by atoms with van der Waals surface area (Å²) >= 11 is 0. The van der Waals surface area contributed by atoms with Gasteiger partial charge in [0.15, 0.2) is 0 Å². The molecular formula is C23H31N3O2. The molecule has 5 heteroatoms. The van der Waals surface area contributed by atoms with Crippen molar-refractivity contribution in [2.75, 3.05) is 51.3 Å². The van der Waals surface area contributed by atoms with Crippen molar-refractivity contribution in [2.24, 2.45) is 0 Å². The van der Waals surface area contributed by atoms with Crippen LogP contribution in [0.5, 0.6) is 5.75 Å². The SMILES string of the molecule is COc1ccc(N2CCN(CCCNC(=O)Cc3cccc(C)c3)CC2)cc1. The van der Waals surface area contributed by atoms with Crippen LogP contribution in [0.25, 0.3) is 0 Å². The van der Waals surface area contributed by atoms with Crippen LogP contribution < -0.4 is 15.0 Å². The quantitative estimate of drug-likeness (QED) is 0.714. The Balaban J connectivity index is 1.31. The maximum atomic E-state index is 12.1. The summed E-state index contributed by atoms with van der Waals surface area (Å²) < 4.78 is 5.23. The van der Waals surface area contributed by atoms with Crippen LogP contribution in [-0.4, -0.2) is 57.2 Å². The van der Waals surface area contributed by atoms with Crippen molar-refractivity contribution in [3.63, 3.8) is 0 Å². The molecule has 1 fully saturated rings. The number of ether oxygens (including phenoxy) is 1. The van der Waals surface area contributed by atoms with Crippen molar-refractivity contribution in [3.05, 3.63) is 59.7 Å². The molecule has 1 N–H and O–H groups in total. The summed E-state index contributed by atoms with van der Waals surface area (Å²) in [5, 5.41) is 3.05. The first kappa shape index (κ1) is 20.2. The highest BCUT2D eigenvalue weighted by Gasteiger charge is 2.16. The fraction of sp³-hybridized carbons (Fsp3) is 0.435. The number of rotatable bonds is 8. The lowest BCUT2D eigenvalue weighted by atomic mass is 10.1. The summed E-state index contributed by atoms with van der Waals surface area (Å²) in [5.74, 6) is 1.00. The minimum Gasteiger partial charge on any atom is -0.497 e. The second-order valence-electron chi connectivity index (χ2n) is 7.40. The van der Waals surface area contributed by atoms with Crippen LogP contribution in [0.1, 0.15) is 17.5 Å². The molecule has 0 aliphatic carbocycles. The van der Waals surface area contributed by atoms with E-state index in [0.29, 0.717) is 6.42 Å². The van der Waals surface area contributed by atoms with Crippen molar-refractivity contribution in [1.82, 2.24) is 10.2 Å². The van der Waals surface area contributed by atoms with E-state index >= 15 is 0 Å². The van der Waals surface area contributed by atoms with Crippen LogP contribution in [0, 0.1) is 6.92 Å². The molecule has 1 aliphatic heterocycles. The normalized spacial score (nSPS) is 14.7. The molecular weight excluding hydrogens is 350 g/mol. The first-order chi connectivity index (χ1) is 13.6. The Labute approximate surface area is 168 Å². The minimum absolute atomic E-state index is 0.106. The molecule has 1 aliphatic rings. The number of amides is 1. The van der Waals surface area contributed by atoms with Gasteiger partial charge in [0.1, 0.15) is 5.75 Å². The molecule has 0 unspecified atom stereocenters. The summed E-state index contributed by atoms with van der Waals surface area (Å²) in [7, 11) is 1.69. The summed E-state index contributed by atoms with van der Waals surface area (Å²) in [5.41, 5.74) is 3.52. The van der Waals surface area contributed by atoms with Crippen molar-refractivity contribution < 1.29 is 9.53 Å². The number of hydrogen-bond donors (Lipinski definition) is 1. The van der Waals surface area contributed by atoms with Crippen LogP contribution in [-0.2, 0) is 11.2 Å². The van der Waals surface area contributed by atoms with Gasteiger partial charge in [0.25, 0.3) is 0 Å². The number of carbonyl (C=O) groups excluding carboxylic acids is 1. The molecule has 1 saturated heterocycles. The smallest absolute Gasteiger partial charge is 0.224 e. The van der Waals surface area contributed by atoms with E-state index < -0.39 is 0 Å². The standard InChI is InChI=1S/C23H31N3O2/c1-19-5-3-6-20(17-19)18-23(27)24-11-4-12-25-13-15-26(16-14-25)21-7-9-22(28-2)10-8-21/h3,5-10,17H,4,11-16,18H2,1-2H3,(H,24,27). The van der Waals surface area contributed by atoms with Crippen molar-refractivity contribution >= 4 is 11.6 Å². The molecule has 2 aromatic rings. The zero-order valence-electron chi connectivity index (χ0n) is 17.0. The molecule has 0 bridgehead atoms. The number of nitrogens with one attached hydrogen (secondary N) is 1. The molecule has 0 spiro atoms. The lowest BCUT2D eigenvalue weighted by Gasteiger charge is -2.36. The number of carbonyl (C=O) groups is 1. The van der Waals surface area contributed by atoms with Gasteiger partial charge in [0.05, 0.1) is 13.5 Å². The van der Waals surface area contributed by atoms with Crippen molar-refractivity contribution in [1.29, 1.82) is 0 Å². The van der Waals surface area contributed by atoms with Crippen molar-refractivity contribution in [2.45, 2.75) is 19.8 Å². The third-order valence-electron chi connectivity index (χ3n) is 5.23. The number of hydrogen-bond acceptors (Lipinski definition) is 4. The Morgan fingerprint density at radius 2 is 1.82 bits per heavy atom. The lowest BCUT2D eigenvalue weighted by molar-refractivity contribution is -0.120. The monoisotopic (exact) mass is 381 g/mol. The Morgan fingerprint density at radius 1 is 1.07 bits per heavy atom. The second kappa shape index (κ2) is 10.1. The number of anilines is 1. The van der Waals surface area contributed by atoms with E-state index in [4.69, 9.17) is 4.74 Å². The number of methoxy groups -OCH3 is 1. The van der Waals surface area contributed by atoms with E-state index in [2.05, 4.69) is 46.3 Å². The summed E-state index contributed by atoms with van der Waals surface area (Å²) in [6, 6.07) is 16.4. The van der Waals surface area contributed by atoms with E-state index in [1.807, 2.05) is 24.3 Å². The average molecular weight is 382 g/mol. The average Bonchev–Trinajstić information content (AvgIpc) is 2.72. The maximum Gasteiger partial charge on any atom is 0.224 e. The highest BCUT2D eigenvalue weighted by atomic mass is 16.5. The Hall–Kier alpha value is -2.53. The van der Waals surface area contributed by atoms with Gasteiger partial charge in [-0.2, -0.15) is 0 Å². The largest absolute Gasteiger partial charge is 0.497 e. The summed E-state index contributed by atoms with van der Waals surface area (Å²) in [6.45, 7) is 8.00. The van der Waals surface area contributed by atoms with E-state index in [9.17, 15) is 4.79 Å². The molecule has 0 radical (unpaired) electrons. The van der Waals surface area contributed by atoms with Crippen LogP contribution >= 0.6 is 0 Å². The Bertz CT molecular complexity index is 753. The van der Waals surface area contributed by atoms with Gasteiger partial charge in [-0.25, -0.2) is 0 Å². The van der Waals surface area contributed by atoms with Crippen LogP contribution in [0.15, 0.2) is 48.5 Å². The van der Waals surface area contributed by atoms with Gasteiger partial charge in [-0.05, 0) is 49.7 Å². The van der Waals surface area contributed by atoms with Gasteiger partial charge in [-0.1, -0.05) is 29.8 Å². The minimum atomic E-state index is 0.106. The third-order valence-corrected chi connectivity index (χ3v) is 5.23. The third kappa shape index (κ3) is 5.99. The number of nitrogens with zero attached hydrogens (tertiary/aromatic N) is 2. The zero-order valence-corrected chi connectivity index (χ0v) is 17.0. The number of aryl methyl sites for hydroxylation is 1. The predicted octanol–water partition coefficient (Wildman–Crippen LogP) is 2.87. The first-order valence-electron chi connectivity index (χ1n) is 10.1. The van der Waals surface area contributed by atoms with Gasteiger partial charge in [-0.3, -0.25) is 9.69 Å². The van der Waals surface area contributed by atoms with Gasteiger partial charge in [0.2, 0.25) is 5.91 Å². The number of benzene rings is 2. The predicted molar refractivity (Wildman–Crippen MR) is 114 cm³/mol. The first-order valence-corrected chi connectivity index (χ1v) is 10.1. The molecule has 28 heavy (non-hydrogen) atoms. The van der Waals surface area contributed by atoms with Crippen LogP contribution in [0.3, 0.4) is 0 Å². The molecule has 0 aromatic heterocycles. The van der Waals surface area contributed by atoms with E-state index in [0.717, 1.165) is 57.0 Å². The highest BCUT2D eigenvalue weighted by Crippen LogP contribution is 2.20. The maximum absolute atomic E-state index is 12.1. The topological polar surface area (TPSA) is 44.8 Å². The molecule has 150 valence electrons. The van der Waals surface area contributed by atoms with Gasteiger partial charge < -0.3 is 15.0 Å². The second-order valence-corrected chi connectivity index (χ2v) is 7.40. The van der Waals surface area contributed by atoms with Crippen LogP contribution in [0.2, 0.25) is 0 Å². The molecule has 1 amide bonds. The molecule has 2 aromatic carbocycles. The summed E-state index contributed by atoms with van der Waals surface area (Å²) in [4.78, 5) is 17.0. The van der Waals surface area contributed by atoms with E-state index in [1.54, 1.807) is 7.11 Å². The molecule has 0 saturated carbocycles. The molecule has 1 heterocycles. The van der Waals surface area contributed by atoms with Crippen LogP contribution in [0.4, 0.5) is 5.69 Å². The Morgan fingerprint density at radius 3 is 2.50 bits per heavy atom. The van der Waals surface area contributed by atoms with E-state index in [1.165, 1.54) is 11.3 Å². The van der Waals surface area contributed by atoms with Gasteiger partial charge >= 0.3 is 0 Å². The zero-order chi connectivity index (χ0) is 19.8. The Kier molecular flexibility index (Phi) is 7.31. The fourth-order valence-corrected chi connectivity index (χ4v) is 3.62. The van der Waals surface area contributed by atoms with Gasteiger partial charge in [0, 0.05) is 38.4 Å². The lowest BCUT2D eigenvalue weighted by Crippen LogP contribution is -2.47. The number of piperazine rings is 1. The highest BCUT2D eigenvalue weighted by molar-refractivity contribution is 5.78. The van der Waals surface area contributed by atoms with Gasteiger partial charge in [-0.15, -0.1) is 0 Å². The molecule has 5 nitrogen and oxygen atoms in total. The summed E-state index contributed by atoms with van der Waals surface area (Å²) in [6.07, 6.45) is 1.45. The molecule has 3 rings (SSSR count). The fourth-order valence-electron chi connectivity index (χ4n) is 3.62. The van der Waals surface area contributed by atoms with Crippen molar-refractivity contribution in [3.8, 4) is 5.75 Å². The van der Waals surface area contributed by atoms with E-state index in [-0.39, 0.29) is 5.91 Å².